The van der Waals surface area contributed by atoms with Crippen molar-refractivity contribution in [3.8, 4) is 5.75 Å². The van der Waals surface area contributed by atoms with Crippen LogP contribution in [0.4, 0.5) is 0 Å². The maximum atomic E-state index is 14.1. The van der Waals surface area contributed by atoms with Crippen LogP contribution in [0.2, 0.25) is 0 Å². The number of hydrogen-bond donors (Lipinski definition) is 29. The Bertz CT molecular complexity index is 4090. The number of nitrogens with two attached hydrogens (primary N) is 3. The van der Waals surface area contributed by atoms with Crippen LogP contribution in [-0.4, -0.2) is 306 Å². The molecule has 53 heteroatoms. The van der Waals surface area contributed by atoms with Crippen LogP contribution in [-0.2, 0) is 117 Å². The number of carboxylic acids is 6. The molecule has 0 saturated heterocycles. The summed E-state index contributed by atoms with van der Waals surface area (Å²) in [6, 6.07) is -18.4. The van der Waals surface area contributed by atoms with E-state index >= 15 is 0 Å². The highest BCUT2D eigenvalue weighted by Gasteiger charge is 2.38. The van der Waals surface area contributed by atoms with Crippen molar-refractivity contribution in [1.29, 1.82) is 5.41 Å². The van der Waals surface area contributed by atoms with Crippen LogP contribution in [0.1, 0.15) is 137 Å². The van der Waals surface area contributed by atoms with E-state index in [-0.39, 0.29) is 61.2 Å². The van der Waals surface area contributed by atoms with Gasteiger partial charge in [-0.25, -0.2) is 4.79 Å². The van der Waals surface area contributed by atoms with Crippen molar-refractivity contribution in [2.75, 3.05) is 43.9 Å². The van der Waals surface area contributed by atoms with Crippen LogP contribution in [0, 0.1) is 17.2 Å². The summed E-state index contributed by atoms with van der Waals surface area (Å²) < 4.78 is 0. The molecule has 51 nitrogen and oxygen atoms in total. The predicted octanol–water partition coefficient (Wildman–Crippen LogP) is -9.51. The van der Waals surface area contributed by atoms with Gasteiger partial charge in [0, 0.05) is 44.4 Å². The van der Waals surface area contributed by atoms with Crippen molar-refractivity contribution in [3.63, 3.8) is 0 Å². The highest BCUT2D eigenvalue weighted by atomic mass is 32.2. The molecule has 1 rings (SSSR count). The largest absolute Gasteiger partial charge is 0.508 e. The zero-order valence-corrected chi connectivity index (χ0v) is 72.2. The molecule has 0 radical (unpaired) electrons. The van der Waals surface area contributed by atoms with E-state index in [1.54, 1.807) is 20.1 Å². The molecule has 0 bridgehead atoms. The zero-order valence-electron chi connectivity index (χ0n) is 70.5. The molecule has 1 aromatic rings. The van der Waals surface area contributed by atoms with Gasteiger partial charge in [-0.15, -0.1) is 0 Å². The fraction of sp³-hybridized carbons (Fsp3) is 0.595. The number of thioether (sulfide) groups is 1. The molecule has 31 N–H and O–H groups in total. The second kappa shape index (κ2) is 58.1. The Morgan fingerprint density at radius 3 is 1.20 bits per heavy atom. The van der Waals surface area contributed by atoms with Gasteiger partial charge in [-0.2, -0.15) is 24.4 Å². The molecule has 127 heavy (non-hydrogen) atoms. The average molecular weight is 1840 g/mol. The first-order valence-corrected chi connectivity index (χ1v) is 41.5. The fourth-order valence-electron chi connectivity index (χ4n) is 11.2. The maximum Gasteiger partial charge on any atom is 0.326 e. The molecule has 0 fully saturated rings. The third-order valence-electron chi connectivity index (χ3n) is 18.0. The molecule has 14 atom stereocenters. The summed E-state index contributed by atoms with van der Waals surface area (Å²) in [7, 11) is 0. The number of amides is 17. The van der Waals surface area contributed by atoms with E-state index < -0.39 is 323 Å². The molecule has 0 aliphatic rings. The lowest BCUT2D eigenvalue weighted by Crippen LogP contribution is -2.60. The van der Waals surface area contributed by atoms with Gasteiger partial charge in [0.1, 0.15) is 84.3 Å². The summed E-state index contributed by atoms with van der Waals surface area (Å²) in [5, 5.41) is 113. The molecule has 0 aromatic heterocycles. The Kier molecular flexibility index (Phi) is 51.1. The number of guanidine groups is 1. The number of nitrogens with one attached hydrogen (secondary N) is 18. The van der Waals surface area contributed by atoms with Crippen molar-refractivity contribution in [1.82, 2.24) is 90.4 Å². The first-order valence-electron chi connectivity index (χ1n) is 39.4. The highest BCUT2D eigenvalue weighted by molar-refractivity contribution is 7.98. The van der Waals surface area contributed by atoms with Gasteiger partial charge in [0.05, 0.1) is 38.5 Å². The minimum absolute atomic E-state index is 0.0951. The summed E-state index contributed by atoms with van der Waals surface area (Å²) in [5.74, 6) is -30.4. The van der Waals surface area contributed by atoms with E-state index in [4.69, 9.17) is 22.6 Å². The predicted molar refractivity (Wildman–Crippen MR) is 447 cm³/mol. The van der Waals surface area contributed by atoms with Gasteiger partial charge in [0.25, 0.3) is 0 Å². The number of aromatic hydroxyl groups is 1. The van der Waals surface area contributed by atoms with Gasteiger partial charge >= 0.3 is 35.8 Å². The summed E-state index contributed by atoms with van der Waals surface area (Å²) in [4.78, 5) is 300. The van der Waals surface area contributed by atoms with Gasteiger partial charge in [-0.3, -0.25) is 111 Å². The Morgan fingerprint density at radius 1 is 0.394 bits per heavy atom. The number of hydrogen-bond acceptors (Lipinski definition) is 28. The number of phenols is 1. The van der Waals surface area contributed by atoms with Crippen molar-refractivity contribution in [3.05, 3.63) is 29.8 Å². The number of carbonyl (C=O) groups excluding carboxylic acids is 17. The van der Waals surface area contributed by atoms with Crippen molar-refractivity contribution in [2.24, 2.45) is 29.0 Å². The van der Waals surface area contributed by atoms with Crippen molar-refractivity contribution in [2.45, 2.75) is 222 Å². The Hall–Kier alpha value is -13.2. The maximum absolute atomic E-state index is 14.1. The number of rotatable bonds is 62. The van der Waals surface area contributed by atoms with Gasteiger partial charge in [-0.1, -0.05) is 39.8 Å². The number of aliphatic carboxylic acids is 6. The van der Waals surface area contributed by atoms with E-state index in [0.717, 1.165) is 6.92 Å². The Labute approximate surface area is 736 Å². The van der Waals surface area contributed by atoms with E-state index in [0.29, 0.717) is 0 Å². The molecule has 708 valence electrons. The Balaban J connectivity index is 3.36. The summed E-state index contributed by atoms with van der Waals surface area (Å²) >= 11 is 5.39. The standard InChI is InChI=1S/C74H115N21O30S2/c1-33(2)25-39(75)62(113)87-41(14-18-50(76)97)66(117)88-42(16-20-55(103)104)67(118)89-43(17-21-56(105)106)68(119)93-48(28-58(109)110)70(121)84-35(5)60(111)80-30-52(99)85-40(15-19-54(101)102)65(116)92-46(26-37-10-12-38(96)13-11-37)63(114)82-31-53(100)86-49(32-126)71(122)90-44(22-24-127-7)69(120)95-59(34(3)4)72(123)94-47(27-57(107)108)64(115)81-29-51(98)83-36(6)61(112)91-45(73(124)125)9-8-23-79-74(77)78/h10-13,33-36,39-49,59,96,126H,8-9,14-32,75H2,1-7H3,(H2,76,97)(H,80,111)(H,81,115)(H,82,114)(H,83,98)(H,84,121)(H,85,99)(H,86,100)(H,87,113)(H,88,117)(H,89,118)(H,90,122)(H,91,112)(H,92,116)(H,93,119)(H,94,123)(H,95,120)(H,101,102)(H,103,104)(H,105,106)(H,107,108)(H,109,110)(H,124,125)(H4,77,78,79)/t35-,36-,39-,40-,41-,42-,43-,44-,45-,46-,47-,48-,49-,59-/m0/s1. The number of carboxylic acid groups (broad SMARTS) is 6. The lowest BCUT2D eigenvalue weighted by molar-refractivity contribution is -0.142. The normalized spacial score (nSPS) is 14.2. The molecule has 0 aliphatic carbocycles. The number of phenolic OH excluding ortho intramolecular Hbond substituents is 1. The SMILES string of the molecule is CSCC[C@H](NC(=O)[C@H](CS)NC(=O)CNC(=O)[C@H](Cc1ccc(O)cc1)NC(=O)[C@H](CCC(=O)O)NC(=O)CNC(=O)[C@H](C)NC(=O)[C@H](CC(=O)O)NC(=O)[C@H](CCC(=O)O)NC(=O)[C@H](CCC(=O)O)NC(=O)[C@H](CCC(N)=O)NC(=O)[C@@H](N)CC(C)C)C(=O)N[C@H](C(=O)N[C@@H](CC(=O)O)C(=O)NCC(=O)N[C@@H](C)C(=O)N[C@@H](CCCNC(=N)N)C(=O)O)C(C)C. The number of primary amides is 1. The number of thiol groups is 1. The zero-order chi connectivity index (χ0) is 96.7. The Morgan fingerprint density at radius 2 is 0.764 bits per heavy atom. The van der Waals surface area contributed by atoms with E-state index in [1.165, 1.54) is 56.8 Å². The van der Waals surface area contributed by atoms with Crippen molar-refractivity contribution < 1.29 is 146 Å². The number of carbonyl (C=O) groups is 23. The minimum Gasteiger partial charge on any atom is -0.508 e. The van der Waals surface area contributed by atoms with Crippen LogP contribution in [0.25, 0.3) is 0 Å². The van der Waals surface area contributed by atoms with E-state index in [2.05, 4.69) is 97.7 Å². The van der Waals surface area contributed by atoms with Crippen molar-refractivity contribution >= 4 is 167 Å². The van der Waals surface area contributed by atoms with Crippen LogP contribution < -0.4 is 108 Å². The van der Waals surface area contributed by atoms with Crippen LogP contribution in [0.3, 0.4) is 0 Å². The van der Waals surface area contributed by atoms with Crippen LogP contribution in [0.5, 0.6) is 5.75 Å². The monoisotopic (exact) mass is 1840 g/mol. The molecule has 0 heterocycles. The van der Waals surface area contributed by atoms with E-state index in [1.807, 2.05) is 5.32 Å². The molecular formula is C74H115N21O30S2. The quantitative estimate of drug-likeness (QED) is 0.0125. The van der Waals surface area contributed by atoms with Gasteiger partial charge in [0.2, 0.25) is 100 Å². The highest BCUT2D eigenvalue weighted by Crippen LogP contribution is 2.15. The number of benzene rings is 1. The molecule has 17 amide bonds. The third kappa shape index (κ3) is 46.3. The molecule has 0 spiro atoms. The van der Waals surface area contributed by atoms with Gasteiger partial charge in [-0.05, 0) is 107 Å². The molecule has 1 aromatic carbocycles. The molecule has 0 saturated carbocycles. The van der Waals surface area contributed by atoms with Crippen LogP contribution >= 0.6 is 24.4 Å². The first-order chi connectivity index (χ1) is 59.4. The van der Waals surface area contributed by atoms with E-state index in [9.17, 15) is 146 Å². The lowest BCUT2D eigenvalue weighted by Gasteiger charge is -2.27. The molecule has 0 unspecified atom stereocenters. The van der Waals surface area contributed by atoms with Gasteiger partial charge < -0.3 is 143 Å². The first kappa shape index (κ1) is 112. The molecule has 0 aliphatic heterocycles. The average Bonchev–Trinajstić information content (AvgIpc) is 0.867. The topological polar surface area (TPSA) is 841 Å². The summed E-state index contributed by atoms with van der Waals surface area (Å²) in [6.07, 6.45) is -6.71. The third-order valence-corrected chi connectivity index (χ3v) is 19.0. The van der Waals surface area contributed by atoms with Crippen LogP contribution in [0.15, 0.2) is 24.3 Å². The smallest absolute Gasteiger partial charge is 0.326 e. The van der Waals surface area contributed by atoms with Gasteiger partial charge in [0.15, 0.2) is 5.96 Å². The molecular weight excluding hydrogens is 1730 g/mol. The fourth-order valence-corrected chi connectivity index (χ4v) is 12.0. The summed E-state index contributed by atoms with van der Waals surface area (Å²) in [6.45, 7) is 5.82. The summed E-state index contributed by atoms with van der Waals surface area (Å²) in [5.41, 5.74) is 16.7. The second-order valence-corrected chi connectivity index (χ2v) is 30.9. The lowest BCUT2D eigenvalue weighted by atomic mass is 10.0. The minimum atomic E-state index is -2.16. The second-order valence-electron chi connectivity index (χ2n) is 29.5.